The van der Waals surface area contributed by atoms with Crippen molar-refractivity contribution in [2.24, 2.45) is 11.8 Å². The maximum absolute atomic E-state index is 13.0. The second-order valence-corrected chi connectivity index (χ2v) is 9.49. The van der Waals surface area contributed by atoms with Crippen molar-refractivity contribution >= 4 is 29.1 Å². The molecule has 2 N–H and O–H groups in total. The smallest absolute Gasteiger partial charge is 0.313 e. The number of anilines is 2. The first-order valence-corrected chi connectivity index (χ1v) is 12.0. The molecule has 0 radical (unpaired) electrons. The van der Waals surface area contributed by atoms with E-state index in [9.17, 15) is 14.4 Å². The SMILES string of the molecule is Cc1ccccc1C(NC(=O)C(=O)Nc1cccc(N2CCCC2=O)c1)C1CCCC(C)C1. The van der Waals surface area contributed by atoms with Crippen molar-refractivity contribution in [1.82, 2.24) is 5.32 Å². The van der Waals surface area contributed by atoms with Crippen molar-refractivity contribution in [2.45, 2.75) is 58.4 Å². The van der Waals surface area contributed by atoms with E-state index < -0.39 is 11.8 Å². The summed E-state index contributed by atoms with van der Waals surface area (Å²) in [5, 5.41) is 5.76. The van der Waals surface area contributed by atoms with Gasteiger partial charge in [-0.15, -0.1) is 0 Å². The second-order valence-electron chi connectivity index (χ2n) is 9.49. The van der Waals surface area contributed by atoms with Gasteiger partial charge in [-0.1, -0.05) is 50.1 Å². The number of nitrogens with one attached hydrogen (secondary N) is 2. The van der Waals surface area contributed by atoms with Crippen LogP contribution in [0.2, 0.25) is 0 Å². The quantitative estimate of drug-likeness (QED) is 0.650. The molecule has 3 unspecified atom stereocenters. The van der Waals surface area contributed by atoms with E-state index in [4.69, 9.17) is 0 Å². The molecule has 1 aliphatic carbocycles. The van der Waals surface area contributed by atoms with Gasteiger partial charge in [0.2, 0.25) is 5.91 Å². The Morgan fingerprint density at radius 3 is 2.58 bits per heavy atom. The predicted molar refractivity (Wildman–Crippen MR) is 130 cm³/mol. The third kappa shape index (κ3) is 5.44. The maximum Gasteiger partial charge on any atom is 0.313 e. The molecule has 2 fully saturated rings. The lowest BCUT2D eigenvalue weighted by molar-refractivity contribution is -0.137. The van der Waals surface area contributed by atoms with Gasteiger partial charge in [0.25, 0.3) is 0 Å². The van der Waals surface area contributed by atoms with E-state index in [-0.39, 0.29) is 11.9 Å². The van der Waals surface area contributed by atoms with Crippen LogP contribution in [-0.4, -0.2) is 24.3 Å². The highest BCUT2D eigenvalue weighted by Crippen LogP contribution is 2.38. The van der Waals surface area contributed by atoms with Gasteiger partial charge in [-0.25, -0.2) is 0 Å². The molecule has 174 valence electrons. The molecule has 1 saturated heterocycles. The molecule has 2 aromatic rings. The highest BCUT2D eigenvalue weighted by Gasteiger charge is 2.31. The molecule has 33 heavy (non-hydrogen) atoms. The van der Waals surface area contributed by atoms with E-state index in [0.29, 0.717) is 30.5 Å². The van der Waals surface area contributed by atoms with Gasteiger partial charge in [-0.3, -0.25) is 14.4 Å². The highest BCUT2D eigenvalue weighted by molar-refractivity contribution is 6.39. The molecule has 0 aromatic heterocycles. The van der Waals surface area contributed by atoms with Gasteiger partial charge in [-0.05, 0) is 67.3 Å². The number of hydrogen-bond acceptors (Lipinski definition) is 3. The Kier molecular flexibility index (Phi) is 7.11. The van der Waals surface area contributed by atoms with Crippen LogP contribution < -0.4 is 15.5 Å². The van der Waals surface area contributed by atoms with Crippen LogP contribution in [0.1, 0.15) is 62.6 Å². The predicted octanol–water partition coefficient (Wildman–Crippen LogP) is 4.74. The van der Waals surface area contributed by atoms with Gasteiger partial charge in [-0.2, -0.15) is 0 Å². The van der Waals surface area contributed by atoms with Gasteiger partial charge in [0.15, 0.2) is 0 Å². The normalized spacial score (nSPS) is 21.5. The summed E-state index contributed by atoms with van der Waals surface area (Å²) in [6.07, 6.45) is 5.79. The molecule has 1 saturated carbocycles. The molecule has 1 heterocycles. The minimum absolute atomic E-state index is 0.0824. The standard InChI is InChI=1S/C27H33N3O3/c1-18-8-5-10-20(16-18)25(23-13-4-3-9-19(23)2)29-27(33)26(32)28-21-11-6-12-22(17-21)30-15-7-14-24(30)31/h3-4,6,9,11-13,17-18,20,25H,5,7-8,10,14-16H2,1-2H3,(H,28,32)(H,29,33). The molecule has 2 aromatic carbocycles. The first-order valence-electron chi connectivity index (χ1n) is 12.0. The van der Waals surface area contributed by atoms with Crippen molar-refractivity contribution in [1.29, 1.82) is 0 Å². The molecule has 0 spiro atoms. The van der Waals surface area contributed by atoms with Crippen molar-refractivity contribution in [3.8, 4) is 0 Å². The number of carbonyl (C=O) groups is 3. The van der Waals surface area contributed by atoms with Crippen molar-refractivity contribution in [3.63, 3.8) is 0 Å². The summed E-state index contributed by atoms with van der Waals surface area (Å²) in [5.74, 6) is -0.335. The minimum Gasteiger partial charge on any atom is -0.341 e. The molecular formula is C27H33N3O3. The fraction of sp³-hybridized carbons (Fsp3) is 0.444. The second kappa shape index (κ2) is 10.2. The highest BCUT2D eigenvalue weighted by atomic mass is 16.2. The zero-order valence-electron chi connectivity index (χ0n) is 19.5. The summed E-state index contributed by atoms with van der Waals surface area (Å²) in [7, 11) is 0. The van der Waals surface area contributed by atoms with E-state index in [1.165, 1.54) is 6.42 Å². The molecule has 3 amide bonds. The van der Waals surface area contributed by atoms with Crippen LogP contribution in [0.5, 0.6) is 0 Å². The summed E-state index contributed by atoms with van der Waals surface area (Å²) in [4.78, 5) is 39.5. The van der Waals surface area contributed by atoms with E-state index in [1.54, 1.807) is 23.1 Å². The summed E-state index contributed by atoms with van der Waals surface area (Å²) >= 11 is 0. The fourth-order valence-electron chi connectivity index (χ4n) is 5.24. The average Bonchev–Trinajstić information content (AvgIpc) is 3.24. The lowest BCUT2D eigenvalue weighted by Gasteiger charge is -2.34. The van der Waals surface area contributed by atoms with E-state index in [1.807, 2.05) is 37.3 Å². The first-order chi connectivity index (χ1) is 15.9. The van der Waals surface area contributed by atoms with Gasteiger partial charge in [0.1, 0.15) is 0 Å². The Bertz CT molecular complexity index is 1030. The zero-order valence-corrected chi connectivity index (χ0v) is 19.5. The monoisotopic (exact) mass is 447 g/mol. The number of hydrogen-bond donors (Lipinski definition) is 2. The fourth-order valence-corrected chi connectivity index (χ4v) is 5.24. The van der Waals surface area contributed by atoms with Crippen molar-refractivity contribution < 1.29 is 14.4 Å². The minimum atomic E-state index is -0.692. The molecule has 6 nitrogen and oxygen atoms in total. The van der Waals surface area contributed by atoms with Crippen molar-refractivity contribution in [3.05, 3.63) is 59.7 Å². The van der Waals surface area contributed by atoms with Crippen LogP contribution >= 0.6 is 0 Å². The van der Waals surface area contributed by atoms with Crippen molar-refractivity contribution in [2.75, 3.05) is 16.8 Å². The number of benzene rings is 2. The Balaban J connectivity index is 1.48. The molecule has 3 atom stereocenters. The summed E-state index contributed by atoms with van der Waals surface area (Å²) in [5.41, 5.74) is 3.44. The Morgan fingerprint density at radius 1 is 1.03 bits per heavy atom. The largest absolute Gasteiger partial charge is 0.341 e. The first kappa shape index (κ1) is 23.0. The topological polar surface area (TPSA) is 78.5 Å². The van der Waals surface area contributed by atoms with Gasteiger partial charge in [0, 0.05) is 24.3 Å². The van der Waals surface area contributed by atoms with Crippen LogP contribution in [-0.2, 0) is 14.4 Å². The Hall–Kier alpha value is -3.15. The van der Waals surface area contributed by atoms with E-state index in [2.05, 4.69) is 17.6 Å². The molecule has 1 aliphatic heterocycles. The molecule has 4 rings (SSSR count). The van der Waals surface area contributed by atoms with Crippen LogP contribution in [0.3, 0.4) is 0 Å². The number of nitrogens with zero attached hydrogens (tertiary/aromatic N) is 1. The van der Waals surface area contributed by atoms with Crippen LogP contribution in [0.15, 0.2) is 48.5 Å². The van der Waals surface area contributed by atoms with E-state index >= 15 is 0 Å². The summed E-state index contributed by atoms with van der Waals surface area (Å²) in [6.45, 7) is 4.98. The molecular weight excluding hydrogens is 414 g/mol. The lowest BCUT2D eigenvalue weighted by atomic mass is 9.76. The average molecular weight is 448 g/mol. The Morgan fingerprint density at radius 2 is 1.85 bits per heavy atom. The van der Waals surface area contributed by atoms with E-state index in [0.717, 1.165) is 42.5 Å². The zero-order chi connectivity index (χ0) is 23.4. The van der Waals surface area contributed by atoms with Crippen LogP contribution in [0, 0.1) is 18.8 Å². The molecule has 0 bridgehead atoms. The number of aryl methyl sites for hydroxylation is 1. The third-order valence-electron chi connectivity index (χ3n) is 6.95. The van der Waals surface area contributed by atoms with Crippen LogP contribution in [0.4, 0.5) is 11.4 Å². The lowest BCUT2D eigenvalue weighted by Crippen LogP contribution is -2.41. The Labute approximate surface area is 195 Å². The summed E-state index contributed by atoms with van der Waals surface area (Å²) in [6, 6.07) is 15.0. The maximum atomic E-state index is 13.0. The third-order valence-corrected chi connectivity index (χ3v) is 6.95. The molecule has 2 aliphatic rings. The number of amides is 3. The van der Waals surface area contributed by atoms with Gasteiger partial charge in [0.05, 0.1) is 6.04 Å². The van der Waals surface area contributed by atoms with Gasteiger partial charge >= 0.3 is 11.8 Å². The van der Waals surface area contributed by atoms with Crippen LogP contribution in [0.25, 0.3) is 0 Å². The van der Waals surface area contributed by atoms with Gasteiger partial charge < -0.3 is 15.5 Å². The number of rotatable bonds is 5. The summed E-state index contributed by atoms with van der Waals surface area (Å²) < 4.78 is 0. The molecule has 6 heteroatoms. The number of carbonyl (C=O) groups excluding carboxylic acids is 3.